The van der Waals surface area contributed by atoms with E-state index in [-0.39, 0.29) is 5.56 Å². The van der Waals surface area contributed by atoms with Crippen LogP contribution in [0, 0.1) is 18.6 Å². The van der Waals surface area contributed by atoms with Crippen molar-refractivity contribution in [3.63, 3.8) is 0 Å². The fourth-order valence-electron chi connectivity index (χ4n) is 3.27. The van der Waals surface area contributed by atoms with Crippen molar-refractivity contribution in [1.29, 1.82) is 0 Å². The molecule has 0 amide bonds. The van der Waals surface area contributed by atoms with Gasteiger partial charge in [0.05, 0.1) is 5.56 Å². The third-order valence-corrected chi connectivity index (χ3v) is 4.54. The number of benzene rings is 4. The molecule has 0 heterocycles. The Morgan fingerprint density at radius 1 is 0.640 bits per heavy atom. The van der Waals surface area contributed by atoms with Gasteiger partial charge in [0.1, 0.15) is 11.6 Å². The molecule has 4 rings (SSSR count). The van der Waals surface area contributed by atoms with Gasteiger partial charge in [-0.05, 0) is 52.6 Å². The molecule has 0 spiro atoms. The van der Waals surface area contributed by atoms with Crippen molar-refractivity contribution in [2.75, 3.05) is 0 Å². The van der Waals surface area contributed by atoms with Crippen LogP contribution in [-0.2, 0) is 0 Å². The zero-order chi connectivity index (χ0) is 17.4. The predicted octanol–water partition coefficient (Wildman–Crippen LogP) is 6.76. The lowest BCUT2D eigenvalue weighted by Crippen LogP contribution is -1.95. The zero-order valence-corrected chi connectivity index (χ0v) is 13.8. The largest absolute Gasteiger partial charge is 0.206 e. The van der Waals surface area contributed by atoms with Gasteiger partial charge < -0.3 is 0 Å². The third-order valence-electron chi connectivity index (χ3n) is 4.54. The van der Waals surface area contributed by atoms with Crippen molar-refractivity contribution in [3.8, 4) is 22.3 Å². The van der Waals surface area contributed by atoms with Crippen LogP contribution in [0.3, 0.4) is 0 Å². The van der Waals surface area contributed by atoms with Gasteiger partial charge >= 0.3 is 0 Å². The molecule has 122 valence electrons. The van der Waals surface area contributed by atoms with Gasteiger partial charge in [-0.3, -0.25) is 0 Å². The molecule has 0 aromatic heterocycles. The number of hydrogen-bond acceptors (Lipinski definition) is 0. The van der Waals surface area contributed by atoms with Crippen LogP contribution >= 0.6 is 0 Å². The van der Waals surface area contributed by atoms with Gasteiger partial charge in [-0.1, -0.05) is 60.7 Å². The lowest BCUT2D eigenvalue weighted by Gasteiger charge is -2.13. The molecule has 0 saturated carbocycles. The van der Waals surface area contributed by atoms with Crippen molar-refractivity contribution in [3.05, 3.63) is 96.1 Å². The first-order valence-corrected chi connectivity index (χ1v) is 8.18. The fraction of sp³-hybridized carbons (Fsp3) is 0.0435. The van der Waals surface area contributed by atoms with Crippen LogP contribution < -0.4 is 0 Å². The summed E-state index contributed by atoms with van der Waals surface area (Å²) in [5, 5.41) is 2.14. The van der Waals surface area contributed by atoms with E-state index in [1.807, 2.05) is 49.4 Å². The van der Waals surface area contributed by atoms with E-state index in [2.05, 4.69) is 0 Å². The topological polar surface area (TPSA) is 0 Å². The summed E-state index contributed by atoms with van der Waals surface area (Å²) in [4.78, 5) is 0. The van der Waals surface area contributed by atoms with E-state index in [0.29, 0.717) is 11.1 Å². The van der Waals surface area contributed by atoms with Crippen LogP contribution in [0.4, 0.5) is 8.78 Å². The molecule has 0 aliphatic rings. The minimum atomic E-state index is -0.550. The van der Waals surface area contributed by atoms with Crippen molar-refractivity contribution >= 4 is 10.8 Å². The van der Waals surface area contributed by atoms with E-state index in [0.717, 1.165) is 21.9 Å². The third kappa shape index (κ3) is 2.70. The van der Waals surface area contributed by atoms with Gasteiger partial charge in [0.25, 0.3) is 0 Å². The van der Waals surface area contributed by atoms with Crippen LogP contribution in [0.15, 0.2) is 78.9 Å². The molecule has 0 bridgehead atoms. The average Bonchev–Trinajstić information content (AvgIpc) is 2.63. The van der Waals surface area contributed by atoms with Gasteiger partial charge in [-0.15, -0.1) is 0 Å². The van der Waals surface area contributed by atoms with E-state index in [9.17, 15) is 4.39 Å². The molecular formula is C23H16F2. The smallest absolute Gasteiger partial charge is 0.141 e. The standard InChI is InChI=1S/C23H16F2/c1-15-13-17-9-5-6-10-18(17)14-20(15)19-11-12-21(24)22(23(19)25)16-7-3-2-4-8-16/h2-14H,1H3. The fourth-order valence-corrected chi connectivity index (χ4v) is 3.27. The Hall–Kier alpha value is -3.00. The van der Waals surface area contributed by atoms with Crippen molar-refractivity contribution < 1.29 is 8.78 Å². The average molecular weight is 330 g/mol. The first kappa shape index (κ1) is 15.5. The van der Waals surface area contributed by atoms with Gasteiger partial charge in [0, 0.05) is 5.56 Å². The van der Waals surface area contributed by atoms with Crippen molar-refractivity contribution in [1.82, 2.24) is 0 Å². The highest BCUT2D eigenvalue weighted by molar-refractivity contribution is 5.90. The maximum Gasteiger partial charge on any atom is 0.141 e. The van der Waals surface area contributed by atoms with Crippen LogP contribution in [0.2, 0.25) is 0 Å². The van der Waals surface area contributed by atoms with E-state index in [1.54, 1.807) is 24.3 Å². The van der Waals surface area contributed by atoms with E-state index in [1.165, 1.54) is 12.1 Å². The minimum Gasteiger partial charge on any atom is -0.206 e. The quantitative estimate of drug-likeness (QED) is 0.381. The van der Waals surface area contributed by atoms with Crippen LogP contribution in [0.25, 0.3) is 33.0 Å². The molecule has 0 aliphatic carbocycles. The predicted molar refractivity (Wildman–Crippen MR) is 99.5 cm³/mol. The van der Waals surface area contributed by atoms with Crippen LogP contribution in [-0.4, -0.2) is 0 Å². The molecule has 25 heavy (non-hydrogen) atoms. The molecule has 0 fully saturated rings. The van der Waals surface area contributed by atoms with Gasteiger partial charge in [-0.2, -0.15) is 0 Å². The van der Waals surface area contributed by atoms with Crippen molar-refractivity contribution in [2.45, 2.75) is 6.92 Å². The second-order valence-electron chi connectivity index (χ2n) is 6.16. The molecule has 0 nitrogen and oxygen atoms in total. The summed E-state index contributed by atoms with van der Waals surface area (Å²) in [6.07, 6.45) is 0. The SMILES string of the molecule is Cc1cc2ccccc2cc1-c1ccc(F)c(-c2ccccc2)c1F. The number of hydrogen-bond donors (Lipinski definition) is 0. The summed E-state index contributed by atoms with van der Waals surface area (Å²) in [7, 11) is 0. The molecule has 0 saturated heterocycles. The molecular weight excluding hydrogens is 314 g/mol. The Morgan fingerprint density at radius 3 is 2.00 bits per heavy atom. The maximum absolute atomic E-state index is 15.2. The summed E-state index contributed by atoms with van der Waals surface area (Å²) >= 11 is 0. The molecule has 0 unspecified atom stereocenters. The second-order valence-corrected chi connectivity index (χ2v) is 6.16. The second kappa shape index (κ2) is 6.14. The normalized spacial score (nSPS) is 11.0. The zero-order valence-electron chi connectivity index (χ0n) is 13.8. The molecule has 0 aliphatic heterocycles. The van der Waals surface area contributed by atoms with Crippen LogP contribution in [0.5, 0.6) is 0 Å². The summed E-state index contributed by atoms with van der Waals surface area (Å²) in [6, 6.07) is 23.7. The molecule has 0 atom stereocenters. The number of fused-ring (bicyclic) bond motifs is 1. The Morgan fingerprint density at radius 2 is 1.28 bits per heavy atom. The summed E-state index contributed by atoms with van der Waals surface area (Å²) in [5.74, 6) is -1.07. The molecule has 0 radical (unpaired) electrons. The maximum atomic E-state index is 15.2. The first-order chi connectivity index (χ1) is 12.1. The number of rotatable bonds is 2. The minimum absolute atomic E-state index is 0.0191. The van der Waals surface area contributed by atoms with E-state index in [4.69, 9.17) is 0 Å². The van der Waals surface area contributed by atoms with Crippen LogP contribution in [0.1, 0.15) is 5.56 Å². The Bertz CT molecular complexity index is 1070. The Balaban J connectivity index is 1.97. The lowest BCUT2D eigenvalue weighted by atomic mass is 9.93. The van der Waals surface area contributed by atoms with E-state index < -0.39 is 11.6 Å². The Kier molecular flexibility index (Phi) is 3.81. The molecule has 2 heteroatoms. The highest BCUT2D eigenvalue weighted by Gasteiger charge is 2.17. The molecule has 4 aromatic carbocycles. The number of halogens is 2. The monoisotopic (exact) mass is 330 g/mol. The van der Waals surface area contributed by atoms with Gasteiger partial charge in [0.2, 0.25) is 0 Å². The summed E-state index contributed by atoms with van der Waals surface area (Å²) in [5.41, 5.74) is 2.73. The highest BCUT2D eigenvalue weighted by atomic mass is 19.1. The highest BCUT2D eigenvalue weighted by Crippen LogP contribution is 2.36. The van der Waals surface area contributed by atoms with Crippen molar-refractivity contribution in [2.24, 2.45) is 0 Å². The molecule has 4 aromatic rings. The first-order valence-electron chi connectivity index (χ1n) is 8.18. The van der Waals surface area contributed by atoms with Gasteiger partial charge in [-0.25, -0.2) is 8.78 Å². The summed E-state index contributed by atoms with van der Waals surface area (Å²) in [6.45, 7) is 1.95. The van der Waals surface area contributed by atoms with Gasteiger partial charge in [0.15, 0.2) is 0 Å². The van der Waals surface area contributed by atoms with E-state index >= 15 is 4.39 Å². The lowest BCUT2D eigenvalue weighted by molar-refractivity contribution is 0.592. The number of aryl methyl sites for hydroxylation is 1. The summed E-state index contributed by atoms with van der Waals surface area (Å²) < 4.78 is 29.6. The molecule has 0 N–H and O–H groups in total. The Labute approximate surface area is 145 Å².